The fourth-order valence-corrected chi connectivity index (χ4v) is 3.69. The summed E-state index contributed by atoms with van der Waals surface area (Å²) in [6, 6.07) is 2.66. The molecular formula is C18H31N5. The zero-order valence-corrected chi connectivity index (χ0v) is 14.7. The van der Waals surface area contributed by atoms with Crippen molar-refractivity contribution < 1.29 is 0 Å². The first-order chi connectivity index (χ1) is 11.2. The van der Waals surface area contributed by atoms with E-state index in [1.807, 2.05) is 18.5 Å². The van der Waals surface area contributed by atoms with Gasteiger partial charge in [0.15, 0.2) is 0 Å². The fourth-order valence-electron chi connectivity index (χ4n) is 3.69. The van der Waals surface area contributed by atoms with Crippen molar-refractivity contribution in [3.63, 3.8) is 0 Å². The van der Waals surface area contributed by atoms with Crippen LogP contribution in [0.15, 0.2) is 18.5 Å². The summed E-state index contributed by atoms with van der Waals surface area (Å²) in [7, 11) is 0. The normalized spacial score (nSPS) is 22.0. The molecule has 0 amide bonds. The van der Waals surface area contributed by atoms with Crippen molar-refractivity contribution in [2.24, 2.45) is 5.92 Å². The molecule has 0 bridgehead atoms. The van der Waals surface area contributed by atoms with Gasteiger partial charge in [-0.25, -0.2) is 9.97 Å². The van der Waals surface area contributed by atoms with E-state index in [-0.39, 0.29) is 0 Å². The van der Waals surface area contributed by atoms with Crippen LogP contribution in [-0.4, -0.2) is 71.6 Å². The molecule has 23 heavy (non-hydrogen) atoms. The molecule has 0 saturated carbocycles. The standard InChI is InChI=1S/C18H31N5/c1-16(2)4-9-21-10-5-17(6-11-21)22-12-14-23(15-13-22)18-19-7-3-8-20-18/h3,7-8,16-17H,4-6,9-15H2,1-2H3. The second kappa shape index (κ2) is 8.06. The van der Waals surface area contributed by atoms with Gasteiger partial charge in [-0.3, -0.25) is 4.90 Å². The minimum absolute atomic E-state index is 0.782. The van der Waals surface area contributed by atoms with Crippen LogP contribution in [0.2, 0.25) is 0 Å². The van der Waals surface area contributed by atoms with Crippen molar-refractivity contribution in [3.05, 3.63) is 18.5 Å². The van der Waals surface area contributed by atoms with E-state index < -0.39 is 0 Å². The summed E-state index contributed by atoms with van der Waals surface area (Å²) in [6.45, 7) is 12.9. The molecule has 2 aliphatic rings. The molecular weight excluding hydrogens is 286 g/mol. The monoisotopic (exact) mass is 317 g/mol. The highest BCUT2D eigenvalue weighted by Gasteiger charge is 2.27. The molecule has 0 aliphatic carbocycles. The number of aromatic nitrogens is 2. The molecule has 2 saturated heterocycles. The molecule has 2 aliphatic heterocycles. The molecule has 1 aromatic heterocycles. The highest BCUT2D eigenvalue weighted by molar-refractivity contribution is 5.29. The summed E-state index contributed by atoms with van der Waals surface area (Å²) in [5.74, 6) is 1.71. The number of piperazine rings is 1. The highest BCUT2D eigenvalue weighted by Crippen LogP contribution is 2.20. The van der Waals surface area contributed by atoms with Crippen molar-refractivity contribution in [1.82, 2.24) is 19.8 Å². The van der Waals surface area contributed by atoms with Crippen LogP contribution >= 0.6 is 0 Å². The maximum atomic E-state index is 4.37. The minimum Gasteiger partial charge on any atom is -0.338 e. The molecule has 0 radical (unpaired) electrons. The van der Waals surface area contributed by atoms with Crippen LogP contribution in [0, 0.1) is 5.92 Å². The van der Waals surface area contributed by atoms with Gasteiger partial charge in [0.05, 0.1) is 0 Å². The van der Waals surface area contributed by atoms with E-state index in [4.69, 9.17) is 0 Å². The summed E-state index contributed by atoms with van der Waals surface area (Å²) in [5, 5.41) is 0. The SMILES string of the molecule is CC(C)CCN1CCC(N2CCN(c3ncccn3)CC2)CC1. The van der Waals surface area contributed by atoms with Crippen LogP contribution in [0.5, 0.6) is 0 Å². The van der Waals surface area contributed by atoms with E-state index in [1.165, 1.54) is 38.9 Å². The number of hydrogen-bond donors (Lipinski definition) is 0. The number of nitrogens with zero attached hydrogens (tertiary/aromatic N) is 5. The lowest BCUT2D eigenvalue weighted by atomic mass is 10.0. The van der Waals surface area contributed by atoms with Crippen LogP contribution in [0.1, 0.15) is 33.1 Å². The number of anilines is 1. The first-order valence-corrected chi connectivity index (χ1v) is 9.21. The van der Waals surface area contributed by atoms with Gasteiger partial charge in [0.25, 0.3) is 0 Å². The van der Waals surface area contributed by atoms with Crippen LogP contribution < -0.4 is 4.90 Å². The summed E-state index contributed by atoms with van der Waals surface area (Å²) in [5.41, 5.74) is 0. The Morgan fingerprint density at radius 1 is 1.00 bits per heavy atom. The van der Waals surface area contributed by atoms with E-state index in [0.717, 1.165) is 44.1 Å². The lowest BCUT2D eigenvalue weighted by Crippen LogP contribution is -2.53. The molecule has 0 unspecified atom stereocenters. The molecule has 5 heteroatoms. The van der Waals surface area contributed by atoms with Gasteiger partial charge in [-0.15, -0.1) is 0 Å². The minimum atomic E-state index is 0.782. The third kappa shape index (κ3) is 4.64. The van der Waals surface area contributed by atoms with Gasteiger partial charge in [0.2, 0.25) is 5.95 Å². The van der Waals surface area contributed by atoms with E-state index in [2.05, 4.69) is 38.5 Å². The van der Waals surface area contributed by atoms with Crippen LogP contribution in [0.4, 0.5) is 5.95 Å². The van der Waals surface area contributed by atoms with Crippen molar-refractivity contribution in [1.29, 1.82) is 0 Å². The second-order valence-electron chi connectivity index (χ2n) is 7.33. The van der Waals surface area contributed by atoms with Crippen LogP contribution in [0.3, 0.4) is 0 Å². The smallest absolute Gasteiger partial charge is 0.225 e. The topological polar surface area (TPSA) is 35.5 Å². The average molecular weight is 317 g/mol. The van der Waals surface area contributed by atoms with E-state index >= 15 is 0 Å². The predicted molar refractivity (Wildman–Crippen MR) is 94.7 cm³/mol. The Morgan fingerprint density at radius 2 is 1.65 bits per heavy atom. The Hall–Kier alpha value is -1.20. The van der Waals surface area contributed by atoms with Gasteiger partial charge in [-0.2, -0.15) is 0 Å². The van der Waals surface area contributed by atoms with E-state index in [1.54, 1.807) is 0 Å². The van der Waals surface area contributed by atoms with Gasteiger partial charge in [-0.05, 0) is 50.9 Å². The van der Waals surface area contributed by atoms with Crippen molar-refractivity contribution >= 4 is 5.95 Å². The summed E-state index contributed by atoms with van der Waals surface area (Å²) < 4.78 is 0. The third-order valence-corrected chi connectivity index (χ3v) is 5.25. The summed E-state index contributed by atoms with van der Waals surface area (Å²) >= 11 is 0. The maximum absolute atomic E-state index is 4.37. The molecule has 5 nitrogen and oxygen atoms in total. The van der Waals surface area contributed by atoms with Crippen LogP contribution in [0.25, 0.3) is 0 Å². The lowest BCUT2D eigenvalue weighted by Gasteiger charge is -2.42. The maximum Gasteiger partial charge on any atom is 0.225 e. The van der Waals surface area contributed by atoms with Gasteiger partial charge in [-0.1, -0.05) is 13.8 Å². The molecule has 3 rings (SSSR count). The van der Waals surface area contributed by atoms with E-state index in [9.17, 15) is 0 Å². The summed E-state index contributed by atoms with van der Waals surface area (Å²) in [6.07, 6.45) is 7.67. The Balaban J connectivity index is 1.41. The zero-order valence-electron chi connectivity index (χ0n) is 14.7. The fraction of sp³-hybridized carbons (Fsp3) is 0.778. The van der Waals surface area contributed by atoms with E-state index in [0.29, 0.717) is 0 Å². The third-order valence-electron chi connectivity index (χ3n) is 5.25. The highest BCUT2D eigenvalue weighted by atomic mass is 15.3. The molecule has 0 atom stereocenters. The Bertz CT molecular complexity index is 448. The Kier molecular flexibility index (Phi) is 5.84. The van der Waals surface area contributed by atoms with Crippen LogP contribution in [-0.2, 0) is 0 Å². The Labute approximate surface area is 140 Å². The zero-order chi connectivity index (χ0) is 16.1. The summed E-state index contributed by atoms with van der Waals surface area (Å²) in [4.78, 5) is 16.4. The number of piperidine rings is 1. The largest absolute Gasteiger partial charge is 0.338 e. The molecule has 0 N–H and O–H groups in total. The molecule has 0 aromatic carbocycles. The van der Waals surface area contributed by atoms with Crippen molar-refractivity contribution in [3.8, 4) is 0 Å². The van der Waals surface area contributed by atoms with Crippen molar-refractivity contribution in [2.75, 3.05) is 50.7 Å². The van der Waals surface area contributed by atoms with Gasteiger partial charge in [0, 0.05) is 44.6 Å². The average Bonchev–Trinajstić information content (AvgIpc) is 2.61. The first kappa shape index (κ1) is 16.7. The molecule has 3 heterocycles. The number of hydrogen-bond acceptors (Lipinski definition) is 5. The number of likely N-dealkylation sites (tertiary alicyclic amines) is 1. The quantitative estimate of drug-likeness (QED) is 0.831. The second-order valence-corrected chi connectivity index (χ2v) is 7.33. The molecule has 1 aromatic rings. The Morgan fingerprint density at radius 3 is 2.26 bits per heavy atom. The first-order valence-electron chi connectivity index (χ1n) is 9.21. The number of rotatable bonds is 5. The van der Waals surface area contributed by atoms with Gasteiger partial charge in [0.1, 0.15) is 0 Å². The molecule has 2 fully saturated rings. The lowest BCUT2D eigenvalue weighted by molar-refractivity contribution is 0.101. The molecule has 128 valence electrons. The predicted octanol–water partition coefficient (Wildman–Crippen LogP) is 2.11. The molecule has 0 spiro atoms. The van der Waals surface area contributed by atoms with Crippen molar-refractivity contribution in [2.45, 2.75) is 39.2 Å². The van der Waals surface area contributed by atoms with Gasteiger partial charge >= 0.3 is 0 Å². The van der Waals surface area contributed by atoms with Gasteiger partial charge < -0.3 is 9.80 Å².